The van der Waals surface area contributed by atoms with Crippen molar-refractivity contribution in [3.8, 4) is 0 Å². The van der Waals surface area contributed by atoms with Gasteiger partial charge in [0.25, 0.3) is 0 Å². The second-order valence-corrected chi connectivity index (χ2v) is 9.10. The van der Waals surface area contributed by atoms with Crippen molar-refractivity contribution in [2.24, 2.45) is 0 Å². The van der Waals surface area contributed by atoms with Gasteiger partial charge in [-0.15, -0.1) is 0 Å². The highest BCUT2D eigenvalue weighted by Gasteiger charge is 2.40. The molecule has 2 aromatic rings. The van der Waals surface area contributed by atoms with Gasteiger partial charge in [0.05, 0.1) is 10.3 Å². The zero-order valence-corrected chi connectivity index (χ0v) is 16.4. The Morgan fingerprint density at radius 1 is 1.19 bits per heavy atom. The molecule has 27 heavy (non-hydrogen) atoms. The standard InChI is InChI=1S/C20H23FN2O3S/c1-13-11-15(12-16-18(13)23-19(24)20(16,2)3)27(25,26)22-10-6-8-14-7-4-5-9-17(14)21/h4-5,7,9,11-12,22H,6,8,10H2,1-3H3,(H,23,24). The third-order valence-corrected chi connectivity index (χ3v) is 6.41. The second kappa shape index (κ2) is 7.05. The number of rotatable bonds is 6. The molecule has 0 aromatic heterocycles. The first kappa shape index (κ1) is 19.5. The van der Waals surface area contributed by atoms with Crippen LogP contribution in [0.5, 0.6) is 0 Å². The van der Waals surface area contributed by atoms with Crippen LogP contribution in [0.3, 0.4) is 0 Å². The van der Waals surface area contributed by atoms with Crippen molar-refractivity contribution < 1.29 is 17.6 Å². The minimum atomic E-state index is -3.72. The van der Waals surface area contributed by atoms with Crippen molar-refractivity contribution >= 4 is 21.6 Å². The predicted molar refractivity (Wildman–Crippen MR) is 103 cm³/mol. The fourth-order valence-corrected chi connectivity index (χ4v) is 4.41. The van der Waals surface area contributed by atoms with Crippen LogP contribution in [-0.4, -0.2) is 20.9 Å². The van der Waals surface area contributed by atoms with E-state index >= 15 is 0 Å². The van der Waals surface area contributed by atoms with E-state index in [0.717, 1.165) is 0 Å². The highest BCUT2D eigenvalue weighted by atomic mass is 32.2. The fourth-order valence-electron chi connectivity index (χ4n) is 3.23. The van der Waals surface area contributed by atoms with Gasteiger partial charge in [-0.2, -0.15) is 0 Å². The van der Waals surface area contributed by atoms with Crippen LogP contribution in [0.15, 0.2) is 41.3 Å². The molecule has 1 aliphatic rings. The van der Waals surface area contributed by atoms with Crippen LogP contribution >= 0.6 is 0 Å². The van der Waals surface area contributed by atoms with Crippen LogP contribution in [0, 0.1) is 12.7 Å². The molecule has 0 atom stereocenters. The summed E-state index contributed by atoms with van der Waals surface area (Å²) in [5.41, 5.74) is 1.86. The lowest BCUT2D eigenvalue weighted by Crippen LogP contribution is -2.28. The van der Waals surface area contributed by atoms with Crippen LogP contribution < -0.4 is 10.0 Å². The van der Waals surface area contributed by atoms with Gasteiger partial charge in [-0.25, -0.2) is 17.5 Å². The minimum absolute atomic E-state index is 0.134. The number of nitrogens with one attached hydrogen (secondary N) is 2. The molecular formula is C20H23FN2O3S. The maximum Gasteiger partial charge on any atom is 0.240 e. The number of hydrogen-bond donors (Lipinski definition) is 2. The van der Waals surface area contributed by atoms with Crippen molar-refractivity contribution in [3.05, 3.63) is 58.9 Å². The SMILES string of the molecule is Cc1cc(S(=O)(=O)NCCCc2ccccc2F)cc2c1NC(=O)C2(C)C. The van der Waals surface area contributed by atoms with Gasteiger partial charge < -0.3 is 5.32 Å². The Balaban J connectivity index is 1.73. The van der Waals surface area contributed by atoms with Gasteiger partial charge in [0.1, 0.15) is 5.82 Å². The van der Waals surface area contributed by atoms with Crippen molar-refractivity contribution in [2.45, 2.75) is 43.9 Å². The Hall–Kier alpha value is -2.25. The van der Waals surface area contributed by atoms with E-state index in [4.69, 9.17) is 0 Å². The molecule has 0 aliphatic carbocycles. The van der Waals surface area contributed by atoms with E-state index in [1.807, 2.05) is 0 Å². The van der Waals surface area contributed by atoms with Gasteiger partial charge in [0, 0.05) is 12.2 Å². The first-order valence-corrected chi connectivity index (χ1v) is 10.3. The lowest BCUT2D eigenvalue weighted by Gasteiger charge is -2.17. The Kier molecular flexibility index (Phi) is 5.10. The lowest BCUT2D eigenvalue weighted by molar-refractivity contribution is -0.119. The number of fused-ring (bicyclic) bond motifs is 1. The van der Waals surface area contributed by atoms with E-state index in [-0.39, 0.29) is 23.2 Å². The Morgan fingerprint density at radius 3 is 2.59 bits per heavy atom. The number of amides is 1. The second-order valence-electron chi connectivity index (χ2n) is 7.33. The van der Waals surface area contributed by atoms with E-state index < -0.39 is 15.4 Å². The van der Waals surface area contributed by atoms with Crippen LogP contribution in [0.2, 0.25) is 0 Å². The summed E-state index contributed by atoms with van der Waals surface area (Å²) in [6, 6.07) is 9.58. The summed E-state index contributed by atoms with van der Waals surface area (Å²) >= 11 is 0. The van der Waals surface area contributed by atoms with Crippen molar-refractivity contribution in [3.63, 3.8) is 0 Å². The summed E-state index contributed by atoms with van der Waals surface area (Å²) in [6.45, 7) is 5.52. The van der Waals surface area contributed by atoms with Gasteiger partial charge in [-0.3, -0.25) is 4.79 Å². The summed E-state index contributed by atoms with van der Waals surface area (Å²) < 4.78 is 41.5. The molecule has 7 heteroatoms. The molecule has 1 heterocycles. The summed E-state index contributed by atoms with van der Waals surface area (Å²) in [6.07, 6.45) is 0.930. The number of halogens is 1. The van der Waals surface area contributed by atoms with Gasteiger partial charge in [-0.05, 0) is 68.5 Å². The number of sulfonamides is 1. The summed E-state index contributed by atoms with van der Waals surface area (Å²) in [7, 11) is -3.72. The molecule has 144 valence electrons. The number of carbonyl (C=O) groups is 1. The van der Waals surface area contributed by atoms with E-state index in [9.17, 15) is 17.6 Å². The highest BCUT2D eigenvalue weighted by molar-refractivity contribution is 7.89. The predicted octanol–water partition coefficient (Wildman–Crippen LogP) is 3.27. The van der Waals surface area contributed by atoms with Crippen LogP contribution in [0.25, 0.3) is 0 Å². The number of benzene rings is 2. The quantitative estimate of drug-likeness (QED) is 0.744. The molecule has 1 aliphatic heterocycles. The zero-order chi connectivity index (χ0) is 19.8. The minimum Gasteiger partial charge on any atom is -0.325 e. The number of hydrogen-bond acceptors (Lipinski definition) is 3. The molecule has 0 unspecified atom stereocenters. The maximum atomic E-state index is 13.6. The van der Waals surface area contributed by atoms with Crippen LogP contribution in [0.4, 0.5) is 10.1 Å². The van der Waals surface area contributed by atoms with E-state index in [0.29, 0.717) is 35.2 Å². The summed E-state index contributed by atoms with van der Waals surface area (Å²) in [5.74, 6) is -0.429. The molecule has 1 amide bonds. The molecule has 3 rings (SSSR count). The van der Waals surface area contributed by atoms with Gasteiger partial charge >= 0.3 is 0 Å². The molecule has 5 nitrogen and oxygen atoms in total. The monoisotopic (exact) mass is 390 g/mol. The van der Waals surface area contributed by atoms with Gasteiger partial charge in [0.2, 0.25) is 15.9 Å². The van der Waals surface area contributed by atoms with Crippen molar-refractivity contribution in [1.82, 2.24) is 4.72 Å². The number of aryl methyl sites for hydroxylation is 2. The number of carbonyl (C=O) groups excluding carboxylic acids is 1. The summed E-state index contributed by atoms with van der Waals surface area (Å²) in [4.78, 5) is 12.3. The zero-order valence-electron chi connectivity index (χ0n) is 15.6. The van der Waals surface area contributed by atoms with Crippen molar-refractivity contribution in [1.29, 1.82) is 0 Å². The largest absolute Gasteiger partial charge is 0.325 e. The van der Waals surface area contributed by atoms with Crippen molar-refractivity contribution in [2.75, 3.05) is 11.9 Å². The molecule has 2 aromatic carbocycles. The topological polar surface area (TPSA) is 75.3 Å². The number of anilines is 1. The average molecular weight is 390 g/mol. The Bertz CT molecular complexity index is 1000. The Morgan fingerprint density at radius 2 is 1.89 bits per heavy atom. The molecule has 0 saturated heterocycles. The van der Waals surface area contributed by atoms with Gasteiger partial charge in [-0.1, -0.05) is 18.2 Å². The molecule has 0 radical (unpaired) electrons. The van der Waals surface area contributed by atoms with E-state index in [1.54, 1.807) is 51.1 Å². The third-order valence-electron chi connectivity index (χ3n) is 4.97. The smallest absolute Gasteiger partial charge is 0.240 e. The van der Waals surface area contributed by atoms with Gasteiger partial charge in [0.15, 0.2) is 0 Å². The first-order valence-electron chi connectivity index (χ1n) is 8.82. The normalized spacial score (nSPS) is 15.5. The third kappa shape index (κ3) is 3.75. The molecule has 0 bridgehead atoms. The lowest BCUT2D eigenvalue weighted by atomic mass is 9.85. The molecule has 0 saturated carbocycles. The molecule has 0 spiro atoms. The summed E-state index contributed by atoms with van der Waals surface area (Å²) in [5, 5.41) is 2.82. The van der Waals surface area contributed by atoms with E-state index in [1.165, 1.54) is 6.07 Å². The fraction of sp³-hybridized carbons (Fsp3) is 0.350. The molecule has 0 fully saturated rings. The van der Waals surface area contributed by atoms with Crippen LogP contribution in [0.1, 0.15) is 37.0 Å². The maximum absolute atomic E-state index is 13.6. The highest BCUT2D eigenvalue weighted by Crippen LogP contribution is 2.40. The average Bonchev–Trinajstić information content (AvgIpc) is 2.84. The Labute approximate surface area is 159 Å². The van der Waals surface area contributed by atoms with Crippen LogP contribution in [-0.2, 0) is 26.7 Å². The molecular weight excluding hydrogens is 367 g/mol. The molecule has 2 N–H and O–H groups in total. The van der Waals surface area contributed by atoms with E-state index in [2.05, 4.69) is 10.0 Å². The first-order chi connectivity index (χ1) is 12.6.